The van der Waals surface area contributed by atoms with Crippen molar-refractivity contribution < 1.29 is 14.6 Å². The van der Waals surface area contributed by atoms with Crippen molar-refractivity contribution in [2.45, 2.75) is 51.2 Å². The van der Waals surface area contributed by atoms with E-state index in [0.29, 0.717) is 18.1 Å². The van der Waals surface area contributed by atoms with E-state index in [2.05, 4.69) is 64.9 Å². The molecular formula is C34H39N3O3. The van der Waals surface area contributed by atoms with Crippen molar-refractivity contribution in [1.29, 1.82) is 0 Å². The molecule has 1 aliphatic heterocycles. The first-order valence-corrected chi connectivity index (χ1v) is 14.6. The maximum Gasteiger partial charge on any atom is 0.335 e. The molecule has 1 fully saturated rings. The lowest BCUT2D eigenvalue weighted by Gasteiger charge is -2.27. The Morgan fingerprint density at radius 1 is 0.975 bits per heavy atom. The number of fused-ring (bicyclic) bond motifs is 5. The molecule has 6 heteroatoms. The van der Waals surface area contributed by atoms with Crippen LogP contribution < -0.4 is 9.64 Å². The Bertz CT molecular complexity index is 1500. The van der Waals surface area contributed by atoms with Crippen LogP contribution in [0.15, 0.2) is 66.7 Å². The number of benzene rings is 3. The van der Waals surface area contributed by atoms with Gasteiger partial charge in [0.1, 0.15) is 12.4 Å². The van der Waals surface area contributed by atoms with Gasteiger partial charge in [-0.25, -0.2) is 4.79 Å². The smallest absolute Gasteiger partial charge is 0.335 e. The van der Waals surface area contributed by atoms with Crippen molar-refractivity contribution in [2.24, 2.45) is 0 Å². The third-order valence-corrected chi connectivity index (χ3v) is 8.59. The van der Waals surface area contributed by atoms with Crippen LogP contribution in [-0.2, 0) is 13.2 Å². The first-order valence-electron chi connectivity index (χ1n) is 14.6. The number of aromatic carboxylic acids is 1. The number of carboxylic acids is 1. The van der Waals surface area contributed by atoms with Gasteiger partial charge in [0.2, 0.25) is 0 Å². The number of aromatic nitrogens is 1. The van der Waals surface area contributed by atoms with E-state index in [0.717, 1.165) is 43.0 Å². The Hall–Kier alpha value is -3.77. The minimum Gasteiger partial charge on any atom is -0.489 e. The number of carbonyl (C=O) groups is 1. The molecule has 3 aromatic carbocycles. The third kappa shape index (κ3) is 5.20. The number of ether oxygens (including phenoxy) is 1. The predicted molar refractivity (Wildman–Crippen MR) is 162 cm³/mol. The maximum absolute atomic E-state index is 12.0. The molecule has 6 rings (SSSR count). The SMILES string of the molecule is CN(C)CCN1CCn2c(c(C3CCCCC3)c3ccc(C(=O)O)cc32)-c2ccc(OCc3ccccc3)cc21. The molecule has 1 aromatic heterocycles. The first kappa shape index (κ1) is 26.5. The van der Waals surface area contributed by atoms with Gasteiger partial charge in [-0.15, -0.1) is 0 Å². The van der Waals surface area contributed by atoms with Gasteiger partial charge in [0, 0.05) is 54.4 Å². The molecule has 1 saturated carbocycles. The zero-order chi connectivity index (χ0) is 27.6. The van der Waals surface area contributed by atoms with Crippen molar-refractivity contribution >= 4 is 22.6 Å². The monoisotopic (exact) mass is 537 g/mol. The molecule has 4 aromatic rings. The van der Waals surface area contributed by atoms with Gasteiger partial charge in [0.25, 0.3) is 0 Å². The molecule has 0 saturated heterocycles. The van der Waals surface area contributed by atoms with Crippen LogP contribution in [0.3, 0.4) is 0 Å². The lowest BCUT2D eigenvalue weighted by Crippen LogP contribution is -2.33. The normalized spacial score (nSPS) is 15.6. The molecule has 6 nitrogen and oxygen atoms in total. The fourth-order valence-electron chi connectivity index (χ4n) is 6.53. The Balaban J connectivity index is 1.50. The minimum absolute atomic E-state index is 0.349. The molecule has 0 radical (unpaired) electrons. The summed E-state index contributed by atoms with van der Waals surface area (Å²) < 4.78 is 8.71. The van der Waals surface area contributed by atoms with E-state index in [1.54, 1.807) is 6.07 Å². The van der Waals surface area contributed by atoms with E-state index in [-0.39, 0.29) is 0 Å². The number of hydrogen-bond donors (Lipinski definition) is 1. The Labute approximate surface area is 236 Å². The predicted octanol–water partition coefficient (Wildman–Crippen LogP) is 7.01. The number of anilines is 1. The van der Waals surface area contributed by atoms with E-state index < -0.39 is 5.97 Å². The summed E-state index contributed by atoms with van der Waals surface area (Å²) in [7, 11) is 4.23. The second-order valence-corrected chi connectivity index (χ2v) is 11.5. The molecule has 40 heavy (non-hydrogen) atoms. The van der Waals surface area contributed by atoms with Crippen molar-refractivity contribution in [1.82, 2.24) is 9.47 Å². The second kappa shape index (κ2) is 11.4. The molecule has 1 N–H and O–H groups in total. The van der Waals surface area contributed by atoms with E-state index in [9.17, 15) is 9.90 Å². The highest BCUT2D eigenvalue weighted by atomic mass is 16.5. The van der Waals surface area contributed by atoms with Gasteiger partial charge < -0.3 is 24.2 Å². The van der Waals surface area contributed by atoms with Crippen LogP contribution in [0.1, 0.15) is 59.5 Å². The van der Waals surface area contributed by atoms with Gasteiger partial charge in [0.05, 0.1) is 11.3 Å². The molecule has 0 spiro atoms. The summed E-state index contributed by atoms with van der Waals surface area (Å²) in [5.74, 6) is 0.478. The molecule has 0 amide bonds. The van der Waals surface area contributed by atoms with Crippen molar-refractivity contribution in [3.05, 3.63) is 83.4 Å². The highest BCUT2D eigenvalue weighted by molar-refractivity contribution is 5.99. The molecule has 1 aliphatic carbocycles. The molecular weight excluding hydrogens is 498 g/mol. The van der Waals surface area contributed by atoms with Gasteiger partial charge in [-0.05, 0) is 68.2 Å². The number of nitrogens with zero attached hydrogens (tertiary/aromatic N) is 3. The molecule has 2 aliphatic rings. The summed E-state index contributed by atoms with van der Waals surface area (Å²) in [5.41, 5.74) is 7.63. The molecule has 208 valence electrons. The van der Waals surface area contributed by atoms with E-state index in [4.69, 9.17) is 4.74 Å². The van der Waals surface area contributed by atoms with E-state index in [1.165, 1.54) is 60.0 Å². The summed E-state index contributed by atoms with van der Waals surface area (Å²) >= 11 is 0. The van der Waals surface area contributed by atoms with Crippen LogP contribution in [0, 0.1) is 0 Å². The number of carboxylic acid groups (broad SMARTS) is 1. The van der Waals surface area contributed by atoms with Crippen molar-refractivity contribution in [3.8, 4) is 17.0 Å². The Morgan fingerprint density at radius 2 is 1.77 bits per heavy atom. The maximum atomic E-state index is 12.0. The third-order valence-electron chi connectivity index (χ3n) is 8.59. The van der Waals surface area contributed by atoms with Gasteiger partial charge in [-0.1, -0.05) is 55.7 Å². The largest absolute Gasteiger partial charge is 0.489 e. The van der Waals surface area contributed by atoms with E-state index >= 15 is 0 Å². The molecule has 2 heterocycles. The fraction of sp³-hybridized carbons (Fsp3) is 0.382. The highest BCUT2D eigenvalue weighted by Crippen LogP contribution is 2.48. The van der Waals surface area contributed by atoms with Crippen LogP contribution in [0.5, 0.6) is 5.75 Å². The second-order valence-electron chi connectivity index (χ2n) is 11.5. The summed E-state index contributed by atoms with van der Waals surface area (Å²) in [4.78, 5) is 16.7. The lowest BCUT2D eigenvalue weighted by molar-refractivity contribution is 0.0697. The Kier molecular flexibility index (Phi) is 7.53. The van der Waals surface area contributed by atoms with Gasteiger partial charge in [-0.3, -0.25) is 0 Å². The van der Waals surface area contributed by atoms with Crippen LogP contribution in [0.2, 0.25) is 0 Å². The van der Waals surface area contributed by atoms with Gasteiger partial charge >= 0.3 is 5.97 Å². The standard InChI is InChI=1S/C34H39N3O3/c1-35(2)17-18-36-19-20-37-31-21-26(34(38)39)13-15-28(31)32(25-11-7-4-8-12-25)33(37)29-16-14-27(22-30(29)36)40-23-24-9-5-3-6-10-24/h3,5-6,9-10,13-16,21-22,25H,4,7-8,11-12,17-20,23H2,1-2H3,(H,38,39). The van der Waals surface area contributed by atoms with Crippen molar-refractivity contribution in [3.63, 3.8) is 0 Å². The summed E-state index contributed by atoms with van der Waals surface area (Å²) in [6.07, 6.45) is 6.16. The fourth-order valence-corrected chi connectivity index (χ4v) is 6.53. The molecule has 0 bridgehead atoms. The number of likely N-dealkylation sites (N-methyl/N-ethyl adjacent to an activating group) is 1. The highest BCUT2D eigenvalue weighted by Gasteiger charge is 2.31. The average molecular weight is 538 g/mol. The lowest BCUT2D eigenvalue weighted by atomic mass is 9.81. The topological polar surface area (TPSA) is 57.9 Å². The summed E-state index contributed by atoms with van der Waals surface area (Å²) in [5, 5.41) is 11.0. The summed E-state index contributed by atoms with van der Waals surface area (Å²) in [6.45, 7) is 4.04. The van der Waals surface area contributed by atoms with Gasteiger partial charge in [0.15, 0.2) is 0 Å². The van der Waals surface area contributed by atoms with Crippen LogP contribution in [0.25, 0.3) is 22.2 Å². The average Bonchev–Trinajstić information content (AvgIpc) is 3.21. The van der Waals surface area contributed by atoms with Gasteiger partial charge in [-0.2, -0.15) is 0 Å². The summed E-state index contributed by atoms with van der Waals surface area (Å²) in [6, 6.07) is 22.6. The van der Waals surface area contributed by atoms with Crippen LogP contribution in [0.4, 0.5) is 5.69 Å². The zero-order valence-electron chi connectivity index (χ0n) is 23.6. The molecule has 0 unspecified atom stereocenters. The van der Waals surface area contributed by atoms with E-state index in [1.807, 2.05) is 24.3 Å². The Morgan fingerprint density at radius 3 is 2.52 bits per heavy atom. The quantitative estimate of drug-likeness (QED) is 0.262. The minimum atomic E-state index is -0.876. The zero-order valence-corrected chi connectivity index (χ0v) is 23.6. The first-order chi connectivity index (χ1) is 19.5. The van der Waals surface area contributed by atoms with Crippen molar-refractivity contribution in [2.75, 3.05) is 38.6 Å². The molecule has 0 atom stereocenters. The van der Waals surface area contributed by atoms with Crippen LogP contribution in [-0.4, -0.2) is 54.3 Å². The number of hydrogen-bond acceptors (Lipinski definition) is 4. The number of rotatable bonds is 8. The van der Waals surface area contributed by atoms with Crippen LogP contribution >= 0.6 is 0 Å².